The van der Waals surface area contributed by atoms with Crippen LogP contribution in [-0.4, -0.2) is 17.5 Å². The normalized spacial score (nSPS) is 16.1. The number of aliphatic imine (C=N–C) groups is 1. The van der Waals surface area contributed by atoms with Crippen molar-refractivity contribution in [2.24, 2.45) is 4.99 Å². The lowest BCUT2D eigenvalue weighted by molar-refractivity contribution is 0.210. The Balaban J connectivity index is 2.07. The first-order valence-corrected chi connectivity index (χ1v) is 7.59. The topological polar surface area (TPSA) is 57.4 Å². The highest BCUT2D eigenvalue weighted by Gasteiger charge is 2.16. The van der Waals surface area contributed by atoms with Gasteiger partial charge in [0, 0.05) is 6.07 Å². The van der Waals surface area contributed by atoms with E-state index in [1.165, 1.54) is 24.6 Å². The van der Waals surface area contributed by atoms with Gasteiger partial charge in [0.2, 0.25) is 0 Å². The van der Waals surface area contributed by atoms with Crippen molar-refractivity contribution in [3.8, 4) is 11.9 Å². The molecule has 0 heterocycles. The van der Waals surface area contributed by atoms with Crippen molar-refractivity contribution in [2.75, 3.05) is 6.26 Å². The van der Waals surface area contributed by atoms with Crippen LogP contribution in [0.5, 0.6) is 5.75 Å². The number of rotatable bonds is 3. The Morgan fingerprint density at radius 3 is 2.95 bits per heavy atom. The van der Waals surface area contributed by atoms with Gasteiger partial charge in [-0.3, -0.25) is 5.32 Å². The van der Waals surface area contributed by atoms with Gasteiger partial charge in [0.05, 0.1) is 11.8 Å². The number of nitrogens with one attached hydrogen (secondary N) is 1. The SMILES string of the molecule is CSC(=Nc1cccc(OC2CCCC2)c1)NC#N. The van der Waals surface area contributed by atoms with Crippen LogP contribution in [0, 0.1) is 11.5 Å². The molecule has 1 aromatic rings. The molecule has 0 saturated heterocycles. The molecular weight excluding hydrogens is 258 g/mol. The van der Waals surface area contributed by atoms with E-state index in [2.05, 4.69) is 10.3 Å². The van der Waals surface area contributed by atoms with Crippen molar-refractivity contribution < 1.29 is 4.74 Å². The second-order valence-corrected chi connectivity index (χ2v) is 5.17. The number of hydrogen-bond acceptors (Lipinski definition) is 4. The van der Waals surface area contributed by atoms with Gasteiger partial charge < -0.3 is 4.74 Å². The summed E-state index contributed by atoms with van der Waals surface area (Å²) in [6, 6.07) is 7.69. The molecule has 1 aromatic carbocycles. The van der Waals surface area contributed by atoms with Crippen molar-refractivity contribution in [1.29, 1.82) is 5.26 Å². The van der Waals surface area contributed by atoms with Crippen LogP contribution in [0.3, 0.4) is 0 Å². The summed E-state index contributed by atoms with van der Waals surface area (Å²) in [5, 5.41) is 11.7. The predicted molar refractivity (Wildman–Crippen MR) is 78.7 cm³/mol. The number of benzene rings is 1. The van der Waals surface area contributed by atoms with Crippen molar-refractivity contribution >= 4 is 22.6 Å². The minimum Gasteiger partial charge on any atom is -0.490 e. The van der Waals surface area contributed by atoms with Crippen LogP contribution in [0.4, 0.5) is 5.69 Å². The Morgan fingerprint density at radius 2 is 2.26 bits per heavy atom. The monoisotopic (exact) mass is 275 g/mol. The van der Waals surface area contributed by atoms with Gasteiger partial charge in [-0.1, -0.05) is 17.8 Å². The highest BCUT2D eigenvalue weighted by molar-refractivity contribution is 8.13. The molecule has 1 aliphatic carbocycles. The van der Waals surface area contributed by atoms with Crippen molar-refractivity contribution in [1.82, 2.24) is 5.32 Å². The Morgan fingerprint density at radius 1 is 1.47 bits per heavy atom. The van der Waals surface area contributed by atoms with Crippen LogP contribution >= 0.6 is 11.8 Å². The summed E-state index contributed by atoms with van der Waals surface area (Å²) >= 11 is 1.40. The molecule has 1 aliphatic rings. The molecule has 0 bridgehead atoms. The summed E-state index contributed by atoms with van der Waals surface area (Å²) in [6.45, 7) is 0. The molecule has 0 aliphatic heterocycles. The predicted octanol–water partition coefficient (Wildman–Crippen LogP) is 3.43. The van der Waals surface area contributed by atoms with Gasteiger partial charge in [0.25, 0.3) is 0 Å². The van der Waals surface area contributed by atoms with Crippen LogP contribution in [0.15, 0.2) is 29.3 Å². The zero-order valence-electron chi connectivity index (χ0n) is 10.9. The van der Waals surface area contributed by atoms with E-state index < -0.39 is 0 Å². The minimum absolute atomic E-state index is 0.344. The van der Waals surface area contributed by atoms with Crippen LogP contribution in [0.25, 0.3) is 0 Å². The molecule has 0 radical (unpaired) electrons. The quantitative estimate of drug-likeness (QED) is 0.397. The Hall–Kier alpha value is -1.67. The molecule has 4 nitrogen and oxygen atoms in total. The molecular formula is C14H17N3OS. The fourth-order valence-corrected chi connectivity index (χ4v) is 2.46. The standard InChI is InChI=1S/C14H17N3OS/c1-19-14(16-10-15)17-11-5-4-8-13(9-11)18-12-6-2-3-7-12/h4-5,8-9,12H,2-3,6-7H2,1H3,(H,16,17). The lowest BCUT2D eigenvalue weighted by Gasteiger charge is -2.13. The Kier molecular flexibility index (Phi) is 5.10. The third kappa shape index (κ3) is 4.18. The minimum atomic E-state index is 0.344. The first-order chi connectivity index (χ1) is 9.31. The van der Waals surface area contributed by atoms with E-state index in [0.717, 1.165) is 24.3 Å². The maximum absolute atomic E-state index is 8.61. The first-order valence-electron chi connectivity index (χ1n) is 6.36. The van der Waals surface area contributed by atoms with Crippen LogP contribution in [0.1, 0.15) is 25.7 Å². The molecule has 0 atom stereocenters. The van der Waals surface area contributed by atoms with E-state index in [1.807, 2.05) is 36.7 Å². The van der Waals surface area contributed by atoms with E-state index in [-0.39, 0.29) is 0 Å². The third-order valence-electron chi connectivity index (χ3n) is 3.01. The van der Waals surface area contributed by atoms with E-state index >= 15 is 0 Å². The van der Waals surface area contributed by atoms with Crippen molar-refractivity contribution in [3.05, 3.63) is 24.3 Å². The average molecular weight is 275 g/mol. The summed E-state index contributed by atoms with van der Waals surface area (Å²) < 4.78 is 5.93. The highest BCUT2D eigenvalue weighted by atomic mass is 32.2. The van der Waals surface area contributed by atoms with Gasteiger partial charge in [-0.2, -0.15) is 5.26 Å². The van der Waals surface area contributed by atoms with E-state index in [4.69, 9.17) is 10.00 Å². The van der Waals surface area contributed by atoms with E-state index in [1.54, 1.807) is 0 Å². The number of hydrogen-bond donors (Lipinski definition) is 1. The molecule has 2 rings (SSSR count). The second kappa shape index (κ2) is 7.05. The molecule has 1 N–H and O–H groups in total. The van der Waals surface area contributed by atoms with E-state index in [0.29, 0.717) is 11.3 Å². The van der Waals surface area contributed by atoms with Crippen LogP contribution < -0.4 is 10.1 Å². The molecule has 100 valence electrons. The lowest BCUT2D eigenvalue weighted by Crippen LogP contribution is -2.12. The van der Waals surface area contributed by atoms with Gasteiger partial charge in [-0.25, -0.2) is 4.99 Å². The number of amidine groups is 1. The number of thioether (sulfide) groups is 1. The van der Waals surface area contributed by atoms with Gasteiger partial charge in [0.1, 0.15) is 5.75 Å². The Bertz CT molecular complexity index is 490. The first kappa shape index (κ1) is 13.8. The molecule has 5 heteroatoms. The number of nitriles is 1. The van der Waals surface area contributed by atoms with E-state index in [9.17, 15) is 0 Å². The zero-order chi connectivity index (χ0) is 13.5. The van der Waals surface area contributed by atoms with Crippen molar-refractivity contribution in [3.63, 3.8) is 0 Å². The maximum atomic E-state index is 8.61. The number of ether oxygens (including phenoxy) is 1. The van der Waals surface area contributed by atoms with Gasteiger partial charge in [0.15, 0.2) is 11.4 Å². The molecule has 19 heavy (non-hydrogen) atoms. The highest BCUT2D eigenvalue weighted by Crippen LogP contribution is 2.26. The third-order valence-corrected chi connectivity index (χ3v) is 3.59. The molecule has 1 fully saturated rings. The molecule has 0 unspecified atom stereocenters. The lowest BCUT2D eigenvalue weighted by atomic mass is 10.3. The second-order valence-electron chi connectivity index (χ2n) is 4.38. The van der Waals surface area contributed by atoms with Gasteiger partial charge >= 0.3 is 0 Å². The molecule has 0 aromatic heterocycles. The fraction of sp³-hybridized carbons (Fsp3) is 0.429. The molecule has 0 spiro atoms. The average Bonchev–Trinajstić information content (AvgIpc) is 2.91. The summed E-state index contributed by atoms with van der Waals surface area (Å²) in [5.74, 6) is 0.852. The summed E-state index contributed by atoms with van der Waals surface area (Å²) in [6.07, 6.45) is 8.89. The van der Waals surface area contributed by atoms with Crippen LogP contribution in [-0.2, 0) is 0 Å². The zero-order valence-corrected chi connectivity index (χ0v) is 11.7. The summed E-state index contributed by atoms with van der Waals surface area (Å²) in [5.41, 5.74) is 0.794. The summed E-state index contributed by atoms with van der Waals surface area (Å²) in [4.78, 5) is 4.37. The fourth-order valence-electron chi connectivity index (χ4n) is 2.11. The largest absolute Gasteiger partial charge is 0.490 e. The molecule has 1 saturated carbocycles. The molecule has 0 amide bonds. The number of nitrogens with zero attached hydrogens (tertiary/aromatic N) is 2. The van der Waals surface area contributed by atoms with Gasteiger partial charge in [-0.15, -0.1) is 0 Å². The van der Waals surface area contributed by atoms with Crippen LogP contribution in [0.2, 0.25) is 0 Å². The smallest absolute Gasteiger partial charge is 0.183 e. The van der Waals surface area contributed by atoms with Crippen molar-refractivity contribution in [2.45, 2.75) is 31.8 Å². The Labute approximate surface area is 117 Å². The van der Waals surface area contributed by atoms with Gasteiger partial charge in [-0.05, 0) is 44.1 Å². The maximum Gasteiger partial charge on any atom is 0.183 e. The summed E-state index contributed by atoms with van der Waals surface area (Å²) in [7, 11) is 0.